The first-order valence-corrected chi connectivity index (χ1v) is 14.0. The number of halogens is 2. The molecule has 6 rings (SSSR count). The van der Waals surface area contributed by atoms with Crippen LogP contribution in [-0.2, 0) is 21.0 Å². The molecule has 2 heterocycles. The molecule has 0 bridgehead atoms. The van der Waals surface area contributed by atoms with Crippen LogP contribution in [0.1, 0.15) is 24.1 Å². The molecule has 0 spiro atoms. The lowest BCUT2D eigenvalue weighted by molar-refractivity contribution is -0.126. The van der Waals surface area contributed by atoms with Gasteiger partial charge in [0.25, 0.3) is 5.91 Å². The number of hydrogen-bond donors (Lipinski definition) is 0. The first-order valence-electron chi connectivity index (χ1n) is 13.2. The quantitative estimate of drug-likeness (QED) is 0.206. The lowest BCUT2D eigenvalue weighted by atomic mass is 9.90. The normalized spacial score (nSPS) is 19.9. The van der Waals surface area contributed by atoms with E-state index in [4.69, 9.17) is 37.5 Å². The van der Waals surface area contributed by atoms with E-state index in [-0.39, 0.29) is 10.9 Å². The van der Waals surface area contributed by atoms with Gasteiger partial charge < -0.3 is 9.47 Å². The number of imide groups is 1. The highest BCUT2D eigenvalue weighted by Gasteiger charge is 2.60. The molecule has 0 aromatic heterocycles. The van der Waals surface area contributed by atoms with Crippen molar-refractivity contribution in [3.8, 4) is 11.5 Å². The van der Waals surface area contributed by atoms with Gasteiger partial charge in [-0.25, -0.2) is 9.96 Å². The second kappa shape index (κ2) is 11.4. The maximum Gasteiger partial charge on any atom is 0.266 e. The summed E-state index contributed by atoms with van der Waals surface area (Å²) in [6, 6.07) is 28.9. The number of fused-ring (bicyclic) bond motifs is 1. The summed E-state index contributed by atoms with van der Waals surface area (Å²) >= 11 is 12.3. The number of rotatable bonds is 8. The largest absolute Gasteiger partial charge is 0.490 e. The van der Waals surface area contributed by atoms with E-state index in [9.17, 15) is 9.59 Å². The van der Waals surface area contributed by atoms with Crippen LogP contribution in [0.15, 0.2) is 97.1 Å². The summed E-state index contributed by atoms with van der Waals surface area (Å²) in [5.74, 6) is -0.551. The van der Waals surface area contributed by atoms with Crippen LogP contribution >= 0.6 is 23.2 Å². The highest BCUT2D eigenvalue weighted by Crippen LogP contribution is 2.49. The number of nitrogens with zero attached hydrogens (tertiary/aromatic N) is 2. The van der Waals surface area contributed by atoms with E-state index in [2.05, 4.69) is 0 Å². The Morgan fingerprint density at radius 2 is 1.49 bits per heavy atom. The van der Waals surface area contributed by atoms with E-state index in [1.165, 1.54) is 6.07 Å². The van der Waals surface area contributed by atoms with E-state index in [1.807, 2.05) is 85.8 Å². The predicted molar refractivity (Wildman–Crippen MR) is 157 cm³/mol. The molecule has 0 radical (unpaired) electrons. The van der Waals surface area contributed by atoms with Crippen LogP contribution in [0.3, 0.4) is 0 Å². The van der Waals surface area contributed by atoms with Crippen molar-refractivity contribution in [2.45, 2.75) is 25.7 Å². The van der Waals surface area contributed by atoms with Gasteiger partial charge in [0.2, 0.25) is 5.91 Å². The number of ether oxygens (including phenoxy) is 2. The summed E-state index contributed by atoms with van der Waals surface area (Å²) in [7, 11) is 0. The zero-order valence-electron chi connectivity index (χ0n) is 22.1. The van der Waals surface area contributed by atoms with Crippen LogP contribution in [0.25, 0.3) is 0 Å². The zero-order chi connectivity index (χ0) is 28.5. The van der Waals surface area contributed by atoms with Gasteiger partial charge in [-0.05, 0) is 60.5 Å². The van der Waals surface area contributed by atoms with Crippen molar-refractivity contribution in [3.05, 3.63) is 118 Å². The molecule has 208 valence electrons. The van der Waals surface area contributed by atoms with E-state index in [0.29, 0.717) is 35.4 Å². The van der Waals surface area contributed by atoms with Gasteiger partial charge in [-0.1, -0.05) is 77.8 Å². The van der Waals surface area contributed by atoms with Crippen LogP contribution in [0.2, 0.25) is 10.0 Å². The Morgan fingerprint density at radius 3 is 2.20 bits per heavy atom. The topological polar surface area (TPSA) is 68.3 Å². The minimum Gasteiger partial charge on any atom is -0.490 e. The number of anilines is 2. The van der Waals surface area contributed by atoms with E-state index in [0.717, 1.165) is 21.7 Å². The standard InChI is InChI=1S/C32H26Cl2N2O5/c1-2-39-27-17-21(13-16-26(27)40-19-20-9-5-3-6-10-20)29-28-30(41-36(29)22-11-7-4-8-12-22)32(38)35(31(28)37)23-14-15-24(33)25(34)18-23/h3-18,28-30H,2,19H2,1H3/t28-,29-,30-/m0/s1. The Labute approximate surface area is 247 Å². The van der Waals surface area contributed by atoms with Crippen LogP contribution in [0, 0.1) is 5.92 Å². The molecule has 2 saturated heterocycles. The van der Waals surface area contributed by atoms with Gasteiger partial charge in [0.05, 0.1) is 34.1 Å². The Morgan fingerprint density at radius 1 is 0.756 bits per heavy atom. The predicted octanol–water partition coefficient (Wildman–Crippen LogP) is 7.02. The smallest absolute Gasteiger partial charge is 0.266 e. The van der Waals surface area contributed by atoms with Gasteiger partial charge in [-0.15, -0.1) is 0 Å². The summed E-state index contributed by atoms with van der Waals surface area (Å²) < 4.78 is 12.1. The highest BCUT2D eigenvalue weighted by atomic mass is 35.5. The number of carbonyl (C=O) groups excluding carboxylic acids is 2. The molecule has 2 aliphatic heterocycles. The van der Waals surface area contributed by atoms with Crippen molar-refractivity contribution in [3.63, 3.8) is 0 Å². The van der Waals surface area contributed by atoms with Gasteiger partial charge in [0.15, 0.2) is 17.6 Å². The lowest BCUT2D eigenvalue weighted by Gasteiger charge is -2.29. The molecule has 9 heteroatoms. The van der Waals surface area contributed by atoms with Crippen molar-refractivity contribution in [1.29, 1.82) is 0 Å². The molecule has 41 heavy (non-hydrogen) atoms. The fraction of sp³-hybridized carbons (Fsp3) is 0.188. The summed E-state index contributed by atoms with van der Waals surface area (Å²) in [6.45, 7) is 2.69. The Balaban J connectivity index is 1.38. The van der Waals surface area contributed by atoms with Crippen molar-refractivity contribution in [2.75, 3.05) is 16.6 Å². The van der Waals surface area contributed by atoms with Crippen LogP contribution in [0.5, 0.6) is 11.5 Å². The van der Waals surface area contributed by atoms with Crippen molar-refractivity contribution < 1.29 is 23.9 Å². The molecule has 7 nitrogen and oxygen atoms in total. The summed E-state index contributed by atoms with van der Waals surface area (Å²) in [6.07, 6.45) is -1.02. The van der Waals surface area contributed by atoms with Crippen molar-refractivity contribution in [2.24, 2.45) is 5.92 Å². The van der Waals surface area contributed by atoms with E-state index in [1.54, 1.807) is 17.2 Å². The molecule has 3 atom stereocenters. The Kier molecular flexibility index (Phi) is 7.58. The molecule has 0 aliphatic carbocycles. The molecule has 2 amide bonds. The number of benzene rings is 4. The Bertz CT molecular complexity index is 1580. The minimum atomic E-state index is -1.02. The van der Waals surface area contributed by atoms with Gasteiger partial charge in [-0.2, -0.15) is 0 Å². The van der Waals surface area contributed by atoms with Gasteiger partial charge in [0, 0.05) is 0 Å². The molecule has 4 aromatic carbocycles. The van der Waals surface area contributed by atoms with E-state index < -0.39 is 24.0 Å². The molecule has 2 fully saturated rings. The maximum absolute atomic E-state index is 14.0. The molecule has 0 unspecified atom stereocenters. The molecule has 0 N–H and O–H groups in total. The summed E-state index contributed by atoms with van der Waals surface area (Å²) in [5.41, 5.74) is 2.83. The van der Waals surface area contributed by atoms with Crippen LogP contribution in [-0.4, -0.2) is 24.5 Å². The number of amides is 2. The first kappa shape index (κ1) is 27.1. The van der Waals surface area contributed by atoms with E-state index >= 15 is 0 Å². The third-order valence-electron chi connectivity index (χ3n) is 7.13. The fourth-order valence-electron chi connectivity index (χ4n) is 5.26. The number of carbonyl (C=O) groups is 2. The lowest BCUT2D eigenvalue weighted by Crippen LogP contribution is -2.37. The number of para-hydroxylation sites is 1. The number of hydrogen-bond acceptors (Lipinski definition) is 6. The molecule has 2 aliphatic rings. The third kappa shape index (κ3) is 5.12. The van der Waals surface area contributed by atoms with Gasteiger partial charge in [-0.3, -0.25) is 14.4 Å². The van der Waals surface area contributed by atoms with Gasteiger partial charge in [0.1, 0.15) is 12.5 Å². The van der Waals surface area contributed by atoms with Gasteiger partial charge >= 0.3 is 0 Å². The summed E-state index contributed by atoms with van der Waals surface area (Å²) in [5, 5.41) is 2.22. The fourth-order valence-corrected chi connectivity index (χ4v) is 5.55. The molecular weight excluding hydrogens is 563 g/mol. The SMILES string of the molecule is CCOc1cc([C@H]2[C@@H]3C(=O)N(c4ccc(Cl)c(Cl)c4)C(=O)[C@H]3ON2c2ccccc2)ccc1OCc1ccccc1. The number of hydroxylamine groups is 1. The van der Waals surface area contributed by atoms with Crippen LogP contribution in [0.4, 0.5) is 11.4 Å². The zero-order valence-corrected chi connectivity index (χ0v) is 23.6. The average molecular weight is 589 g/mol. The second-order valence-corrected chi connectivity index (χ2v) is 10.5. The first-order chi connectivity index (χ1) is 20.0. The molecule has 0 saturated carbocycles. The summed E-state index contributed by atoms with van der Waals surface area (Å²) in [4.78, 5) is 35.0. The molecular formula is C32H26Cl2N2O5. The third-order valence-corrected chi connectivity index (χ3v) is 7.87. The monoisotopic (exact) mass is 588 g/mol. The van der Waals surface area contributed by atoms with Crippen molar-refractivity contribution >= 4 is 46.4 Å². The van der Waals surface area contributed by atoms with Crippen LogP contribution < -0.4 is 19.4 Å². The Hall–Kier alpha value is -4.04. The average Bonchev–Trinajstić information content (AvgIpc) is 3.50. The van der Waals surface area contributed by atoms with Crippen molar-refractivity contribution in [1.82, 2.24) is 0 Å². The highest BCUT2D eigenvalue weighted by molar-refractivity contribution is 6.42. The second-order valence-electron chi connectivity index (χ2n) is 9.68. The minimum absolute atomic E-state index is 0.248. The molecule has 4 aromatic rings. The maximum atomic E-state index is 14.0.